The Balaban J connectivity index is 2.06. The second-order valence-corrected chi connectivity index (χ2v) is 3.72. The SMILES string of the molecule is O=C([C@H]1C[C@H]1c1ccccc1)C(F)(F)F. The first kappa shape index (κ1) is 10.2. The van der Waals surface area contributed by atoms with E-state index in [4.69, 9.17) is 0 Å². The molecule has 1 aromatic rings. The van der Waals surface area contributed by atoms with Gasteiger partial charge in [0.1, 0.15) is 0 Å². The maximum atomic E-state index is 12.1. The zero-order valence-electron chi connectivity index (χ0n) is 7.79. The summed E-state index contributed by atoms with van der Waals surface area (Å²) in [4.78, 5) is 10.9. The summed E-state index contributed by atoms with van der Waals surface area (Å²) in [5.74, 6) is -2.68. The van der Waals surface area contributed by atoms with Gasteiger partial charge < -0.3 is 0 Å². The average Bonchev–Trinajstić information content (AvgIpc) is 2.96. The van der Waals surface area contributed by atoms with Gasteiger partial charge in [-0.3, -0.25) is 4.79 Å². The van der Waals surface area contributed by atoms with Crippen molar-refractivity contribution < 1.29 is 18.0 Å². The summed E-state index contributed by atoms with van der Waals surface area (Å²) in [7, 11) is 0. The first-order valence-corrected chi connectivity index (χ1v) is 4.66. The maximum absolute atomic E-state index is 12.1. The van der Waals surface area contributed by atoms with Crippen molar-refractivity contribution in [1.82, 2.24) is 0 Å². The number of Topliss-reactive ketones (excluding diaryl/α,β-unsaturated/α-hetero) is 1. The maximum Gasteiger partial charge on any atom is 0.450 e. The fraction of sp³-hybridized carbons (Fsp3) is 0.364. The van der Waals surface area contributed by atoms with Crippen LogP contribution in [0.15, 0.2) is 30.3 Å². The number of carbonyl (C=O) groups excluding carboxylic acids is 1. The van der Waals surface area contributed by atoms with Gasteiger partial charge in [0.15, 0.2) is 0 Å². The first-order valence-electron chi connectivity index (χ1n) is 4.66. The summed E-state index contributed by atoms with van der Waals surface area (Å²) in [6, 6.07) is 8.85. The minimum Gasteiger partial charge on any atom is -0.289 e. The molecule has 1 fully saturated rings. The minimum absolute atomic E-state index is 0.236. The highest BCUT2D eigenvalue weighted by Gasteiger charge is 2.54. The van der Waals surface area contributed by atoms with Crippen molar-refractivity contribution in [2.24, 2.45) is 5.92 Å². The van der Waals surface area contributed by atoms with Gasteiger partial charge >= 0.3 is 6.18 Å². The summed E-state index contributed by atoms with van der Waals surface area (Å²) in [6.07, 6.45) is -4.36. The van der Waals surface area contributed by atoms with Gasteiger partial charge in [-0.2, -0.15) is 13.2 Å². The molecule has 0 aromatic heterocycles. The van der Waals surface area contributed by atoms with Crippen LogP contribution in [0.1, 0.15) is 17.9 Å². The second kappa shape index (κ2) is 3.36. The lowest BCUT2D eigenvalue weighted by Crippen LogP contribution is -2.24. The van der Waals surface area contributed by atoms with Crippen molar-refractivity contribution in [1.29, 1.82) is 0 Å². The van der Waals surface area contributed by atoms with Gasteiger partial charge in [-0.15, -0.1) is 0 Å². The van der Waals surface area contributed by atoms with Gasteiger partial charge in [0.05, 0.1) is 0 Å². The van der Waals surface area contributed by atoms with Crippen LogP contribution in [0, 0.1) is 5.92 Å². The van der Waals surface area contributed by atoms with Crippen molar-refractivity contribution in [2.45, 2.75) is 18.5 Å². The molecule has 0 bridgehead atoms. The fourth-order valence-electron chi connectivity index (χ4n) is 1.76. The third-order valence-electron chi connectivity index (χ3n) is 2.63. The van der Waals surface area contributed by atoms with Crippen molar-refractivity contribution in [2.75, 3.05) is 0 Å². The predicted molar refractivity (Wildman–Crippen MR) is 48.4 cm³/mol. The van der Waals surface area contributed by atoms with Crippen LogP contribution in [0.3, 0.4) is 0 Å². The molecule has 0 amide bonds. The summed E-state index contributed by atoms with van der Waals surface area (Å²) in [5, 5.41) is 0. The van der Waals surface area contributed by atoms with Crippen LogP contribution in [-0.4, -0.2) is 12.0 Å². The molecular formula is C11H9F3O. The van der Waals surface area contributed by atoms with E-state index in [0.717, 1.165) is 5.56 Å². The highest BCUT2D eigenvalue weighted by atomic mass is 19.4. The number of halogens is 3. The summed E-state index contributed by atoms with van der Waals surface area (Å²) >= 11 is 0. The number of rotatable bonds is 2. The Bertz CT molecular complexity index is 369. The van der Waals surface area contributed by atoms with Gasteiger partial charge in [-0.25, -0.2) is 0 Å². The Hall–Kier alpha value is -1.32. The van der Waals surface area contributed by atoms with Crippen LogP contribution < -0.4 is 0 Å². The van der Waals surface area contributed by atoms with Gasteiger partial charge in [0.25, 0.3) is 0 Å². The molecule has 0 saturated heterocycles. The van der Waals surface area contributed by atoms with E-state index in [9.17, 15) is 18.0 Å². The highest BCUT2D eigenvalue weighted by Crippen LogP contribution is 2.50. The van der Waals surface area contributed by atoms with Gasteiger partial charge in [0.2, 0.25) is 5.78 Å². The molecule has 1 aliphatic rings. The Morgan fingerprint density at radius 1 is 1.20 bits per heavy atom. The van der Waals surface area contributed by atoms with E-state index >= 15 is 0 Å². The Kier molecular flexibility index (Phi) is 2.29. The van der Waals surface area contributed by atoms with E-state index in [1.807, 2.05) is 0 Å². The van der Waals surface area contributed by atoms with Crippen LogP contribution in [0.2, 0.25) is 0 Å². The van der Waals surface area contributed by atoms with Crippen molar-refractivity contribution in [3.05, 3.63) is 35.9 Å². The summed E-state index contributed by atoms with van der Waals surface area (Å²) in [5.41, 5.74) is 0.820. The van der Waals surface area contributed by atoms with E-state index in [2.05, 4.69) is 0 Å². The number of hydrogen-bond acceptors (Lipinski definition) is 1. The van der Waals surface area contributed by atoms with Gasteiger partial charge in [-0.1, -0.05) is 30.3 Å². The molecular weight excluding hydrogens is 205 g/mol. The number of carbonyl (C=O) groups is 1. The van der Waals surface area contributed by atoms with E-state index < -0.39 is 17.9 Å². The van der Waals surface area contributed by atoms with Crippen molar-refractivity contribution in [3.63, 3.8) is 0 Å². The number of alkyl halides is 3. The molecule has 1 nitrogen and oxygen atoms in total. The molecule has 4 heteroatoms. The quantitative estimate of drug-likeness (QED) is 0.739. The van der Waals surface area contributed by atoms with E-state index in [-0.39, 0.29) is 5.92 Å². The molecule has 80 valence electrons. The molecule has 2 atom stereocenters. The molecule has 0 spiro atoms. The molecule has 1 aromatic carbocycles. The van der Waals surface area contributed by atoms with Crippen LogP contribution in [0.25, 0.3) is 0 Å². The summed E-state index contributed by atoms with van der Waals surface area (Å²) < 4.78 is 36.2. The average molecular weight is 214 g/mol. The number of benzene rings is 1. The van der Waals surface area contributed by atoms with E-state index in [1.165, 1.54) is 0 Å². The topological polar surface area (TPSA) is 17.1 Å². The molecule has 2 rings (SSSR count). The normalized spacial score (nSPS) is 25.0. The molecule has 0 aliphatic heterocycles. The first-order chi connectivity index (χ1) is 7.00. The third kappa shape index (κ3) is 2.03. The Morgan fingerprint density at radius 3 is 2.33 bits per heavy atom. The Morgan fingerprint density at radius 2 is 1.80 bits per heavy atom. The zero-order valence-corrected chi connectivity index (χ0v) is 7.79. The summed E-state index contributed by atoms with van der Waals surface area (Å²) in [6.45, 7) is 0. The van der Waals surface area contributed by atoms with Gasteiger partial charge in [0, 0.05) is 5.92 Å². The second-order valence-electron chi connectivity index (χ2n) is 3.72. The van der Waals surface area contributed by atoms with Gasteiger partial charge in [-0.05, 0) is 17.9 Å². The fourth-order valence-corrected chi connectivity index (χ4v) is 1.76. The molecule has 1 saturated carbocycles. The van der Waals surface area contributed by atoms with E-state index in [1.54, 1.807) is 30.3 Å². The number of ketones is 1. The molecule has 1 aliphatic carbocycles. The molecule has 0 heterocycles. The third-order valence-corrected chi connectivity index (χ3v) is 2.63. The van der Waals surface area contributed by atoms with Crippen molar-refractivity contribution in [3.8, 4) is 0 Å². The predicted octanol–water partition coefficient (Wildman–Crippen LogP) is 2.92. The largest absolute Gasteiger partial charge is 0.450 e. The molecule has 15 heavy (non-hydrogen) atoms. The highest BCUT2D eigenvalue weighted by molar-refractivity contribution is 5.89. The lowest BCUT2D eigenvalue weighted by atomic mass is 10.1. The van der Waals surface area contributed by atoms with Crippen LogP contribution >= 0.6 is 0 Å². The van der Waals surface area contributed by atoms with Crippen molar-refractivity contribution >= 4 is 5.78 Å². The number of hydrogen-bond donors (Lipinski definition) is 0. The lowest BCUT2D eigenvalue weighted by molar-refractivity contribution is -0.172. The Labute approximate surface area is 84.9 Å². The van der Waals surface area contributed by atoms with Crippen LogP contribution in [-0.2, 0) is 4.79 Å². The molecule has 0 N–H and O–H groups in total. The standard InChI is InChI=1S/C11H9F3O/c12-11(13,14)10(15)9-6-8(9)7-4-2-1-3-5-7/h1-5,8-9H,6H2/t8-,9-/m0/s1. The molecule has 0 radical (unpaired) electrons. The molecule has 0 unspecified atom stereocenters. The lowest BCUT2D eigenvalue weighted by Gasteiger charge is -2.04. The smallest absolute Gasteiger partial charge is 0.289 e. The minimum atomic E-state index is -4.69. The monoisotopic (exact) mass is 214 g/mol. The zero-order chi connectivity index (χ0) is 11.1. The van der Waals surface area contributed by atoms with Crippen LogP contribution in [0.4, 0.5) is 13.2 Å². The van der Waals surface area contributed by atoms with E-state index in [0.29, 0.717) is 6.42 Å². The van der Waals surface area contributed by atoms with Crippen LogP contribution in [0.5, 0.6) is 0 Å².